The van der Waals surface area contributed by atoms with Crippen LogP contribution < -0.4 is 10.1 Å². The molecule has 1 saturated heterocycles. The van der Waals surface area contributed by atoms with Gasteiger partial charge >= 0.3 is 6.03 Å². The second-order valence-electron chi connectivity index (χ2n) is 6.07. The Kier molecular flexibility index (Phi) is 4.43. The Bertz CT molecular complexity index is 687. The van der Waals surface area contributed by atoms with Gasteiger partial charge < -0.3 is 24.7 Å². The fourth-order valence-corrected chi connectivity index (χ4v) is 3.02. The zero-order valence-corrected chi connectivity index (χ0v) is 13.8. The number of urea groups is 1. The SMILES string of the molecule is COc1ccc2[nH]c(CNC(=O)N3C[C@@H](C)O[C@@H](C)C3)cc2c1. The average Bonchev–Trinajstić information content (AvgIpc) is 2.93. The number of benzene rings is 1. The van der Waals surface area contributed by atoms with Crippen molar-refractivity contribution in [3.63, 3.8) is 0 Å². The molecule has 3 rings (SSSR count). The molecule has 0 saturated carbocycles. The Morgan fingerprint density at radius 1 is 1.35 bits per heavy atom. The molecule has 0 radical (unpaired) electrons. The number of hydrogen-bond donors (Lipinski definition) is 2. The number of fused-ring (bicyclic) bond motifs is 1. The third kappa shape index (κ3) is 3.59. The highest BCUT2D eigenvalue weighted by molar-refractivity contribution is 5.82. The maximum absolute atomic E-state index is 12.3. The molecule has 124 valence electrons. The minimum absolute atomic E-state index is 0.0526. The van der Waals surface area contributed by atoms with E-state index in [-0.39, 0.29) is 18.2 Å². The highest BCUT2D eigenvalue weighted by Crippen LogP contribution is 2.21. The number of H-pyrrole nitrogens is 1. The molecule has 0 unspecified atom stereocenters. The van der Waals surface area contributed by atoms with Crippen LogP contribution in [0.3, 0.4) is 0 Å². The minimum Gasteiger partial charge on any atom is -0.497 e. The molecule has 23 heavy (non-hydrogen) atoms. The van der Waals surface area contributed by atoms with E-state index >= 15 is 0 Å². The van der Waals surface area contributed by atoms with Crippen LogP contribution in [0.25, 0.3) is 10.9 Å². The lowest BCUT2D eigenvalue weighted by Gasteiger charge is -2.35. The summed E-state index contributed by atoms with van der Waals surface area (Å²) in [5, 5.41) is 4.04. The number of ether oxygens (including phenoxy) is 2. The zero-order valence-electron chi connectivity index (χ0n) is 13.8. The number of aromatic amines is 1. The number of morpholine rings is 1. The molecule has 2 amide bonds. The quantitative estimate of drug-likeness (QED) is 0.914. The summed E-state index contributed by atoms with van der Waals surface area (Å²) < 4.78 is 10.9. The van der Waals surface area contributed by atoms with Crippen molar-refractivity contribution in [2.75, 3.05) is 20.2 Å². The lowest BCUT2D eigenvalue weighted by atomic mass is 10.2. The summed E-state index contributed by atoms with van der Waals surface area (Å²) in [6.45, 7) is 5.69. The maximum Gasteiger partial charge on any atom is 0.317 e. The first-order valence-electron chi connectivity index (χ1n) is 7.89. The van der Waals surface area contributed by atoms with Gasteiger partial charge in [0.1, 0.15) is 5.75 Å². The fraction of sp³-hybridized carbons (Fsp3) is 0.471. The predicted molar refractivity (Wildman–Crippen MR) is 88.7 cm³/mol. The van der Waals surface area contributed by atoms with Gasteiger partial charge in [0.15, 0.2) is 0 Å². The normalized spacial score (nSPS) is 21.4. The topological polar surface area (TPSA) is 66.6 Å². The van der Waals surface area contributed by atoms with E-state index in [2.05, 4.69) is 10.3 Å². The summed E-state index contributed by atoms with van der Waals surface area (Å²) in [6.07, 6.45) is 0.148. The smallest absolute Gasteiger partial charge is 0.317 e. The number of nitrogens with one attached hydrogen (secondary N) is 2. The summed E-state index contributed by atoms with van der Waals surface area (Å²) in [6, 6.07) is 7.84. The minimum atomic E-state index is -0.0526. The Morgan fingerprint density at radius 3 is 2.78 bits per heavy atom. The summed E-state index contributed by atoms with van der Waals surface area (Å²) in [5.74, 6) is 0.823. The van der Waals surface area contributed by atoms with Crippen molar-refractivity contribution in [2.24, 2.45) is 0 Å². The first-order chi connectivity index (χ1) is 11.0. The van der Waals surface area contributed by atoms with Gasteiger partial charge in [0.2, 0.25) is 0 Å². The molecule has 0 aliphatic carbocycles. The molecule has 1 aliphatic heterocycles. The van der Waals surface area contributed by atoms with E-state index in [9.17, 15) is 4.79 Å². The van der Waals surface area contributed by atoms with Crippen molar-refractivity contribution in [2.45, 2.75) is 32.6 Å². The van der Waals surface area contributed by atoms with Gasteiger partial charge in [-0.15, -0.1) is 0 Å². The second-order valence-corrected chi connectivity index (χ2v) is 6.07. The molecule has 2 aromatic rings. The van der Waals surface area contributed by atoms with E-state index < -0.39 is 0 Å². The highest BCUT2D eigenvalue weighted by atomic mass is 16.5. The lowest BCUT2D eigenvalue weighted by Crippen LogP contribution is -2.51. The van der Waals surface area contributed by atoms with Crippen LogP contribution in [0.2, 0.25) is 0 Å². The molecule has 2 N–H and O–H groups in total. The van der Waals surface area contributed by atoms with Gasteiger partial charge in [0.25, 0.3) is 0 Å². The van der Waals surface area contributed by atoms with Gasteiger partial charge in [0, 0.05) is 29.7 Å². The molecule has 0 bridgehead atoms. The number of nitrogens with zero attached hydrogens (tertiary/aromatic N) is 1. The molecule has 1 aliphatic rings. The second kappa shape index (κ2) is 6.50. The molecule has 6 heteroatoms. The van der Waals surface area contributed by atoms with E-state index in [1.54, 1.807) is 7.11 Å². The van der Waals surface area contributed by atoms with Crippen molar-refractivity contribution in [1.29, 1.82) is 0 Å². The molecule has 2 heterocycles. The number of aromatic nitrogens is 1. The number of methoxy groups -OCH3 is 1. The number of carbonyl (C=O) groups is 1. The van der Waals surface area contributed by atoms with Crippen molar-refractivity contribution in [3.05, 3.63) is 30.0 Å². The standard InChI is InChI=1S/C17H23N3O3/c1-11-9-20(10-12(2)23-11)17(21)18-8-14-6-13-7-15(22-3)4-5-16(13)19-14/h4-7,11-12,19H,8-10H2,1-3H3,(H,18,21)/t11-,12+. The van der Waals surface area contributed by atoms with Crippen LogP contribution in [0, 0.1) is 0 Å². The average molecular weight is 317 g/mol. The molecular formula is C17H23N3O3. The molecule has 2 atom stereocenters. The highest BCUT2D eigenvalue weighted by Gasteiger charge is 2.25. The van der Waals surface area contributed by atoms with Crippen molar-refractivity contribution in [1.82, 2.24) is 15.2 Å². The first kappa shape index (κ1) is 15.7. The van der Waals surface area contributed by atoms with E-state index in [0.717, 1.165) is 22.3 Å². The van der Waals surface area contributed by atoms with Crippen LogP contribution in [0.1, 0.15) is 19.5 Å². The van der Waals surface area contributed by atoms with Gasteiger partial charge in [0.05, 0.1) is 25.9 Å². The molecule has 1 aromatic heterocycles. The predicted octanol–water partition coefficient (Wildman–Crippen LogP) is 2.50. The van der Waals surface area contributed by atoms with Crippen molar-refractivity contribution < 1.29 is 14.3 Å². The molecular weight excluding hydrogens is 294 g/mol. The van der Waals surface area contributed by atoms with Crippen molar-refractivity contribution >= 4 is 16.9 Å². The van der Waals surface area contributed by atoms with E-state index in [1.807, 2.05) is 43.0 Å². The first-order valence-corrected chi connectivity index (χ1v) is 7.89. The van der Waals surface area contributed by atoms with Crippen molar-refractivity contribution in [3.8, 4) is 5.75 Å². The number of amides is 2. The lowest BCUT2D eigenvalue weighted by molar-refractivity contribution is -0.0545. The van der Waals surface area contributed by atoms with Gasteiger partial charge in [-0.2, -0.15) is 0 Å². The van der Waals surface area contributed by atoms with Crippen LogP contribution in [0.5, 0.6) is 5.75 Å². The number of rotatable bonds is 3. The van der Waals surface area contributed by atoms with E-state index in [0.29, 0.717) is 19.6 Å². The van der Waals surface area contributed by atoms with Gasteiger partial charge in [-0.3, -0.25) is 0 Å². The fourth-order valence-electron chi connectivity index (χ4n) is 3.02. The van der Waals surface area contributed by atoms with Crippen LogP contribution >= 0.6 is 0 Å². The van der Waals surface area contributed by atoms with Gasteiger partial charge in [-0.05, 0) is 38.1 Å². The number of carbonyl (C=O) groups excluding carboxylic acids is 1. The van der Waals surface area contributed by atoms with Gasteiger partial charge in [-0.1, -0.05) is 0 Å². The Labute approximate surface area is 135 Å². The van der Waals surface area contributed by atoms with Crippen LogP contribution in [0.15, 0.2) is 24.3 Å². The number of hydrogen-bond acceptors (Lipinski definition) is 3. The molecule has 0 spiro atoms. The summed E-state index contributed by atoms with van der Waals surface area (Å²) >= 11 is 0. The summed E-state index contributed by atoms with van der Waals surface area (Å²) in [5.41, 5.74) is 2.00. The van der Waals surface area contributed by atoms with Gasteiger partial charge in [-0.25, -0.2) is 4.79 Å². The summed E-state index contributed by atoms with van der Waals surface area (Å²) in [7, 11) is 1.65. The van der Waals surface area contributed by atoms with Crippen LogP contribution in [0.4, 0.5) is 4.79 Å². The monoisotopic (exact) mass is 317 g/mol. The Morgan fingerprint density at radius 2 is 2.09 bits per heavy atom. The third-order valence-corrected chi connectivity index (χ3v) is 4.02. The zero-order chi connectivity index (χ0) is 16.4. The summed E-state index contributed by atoms with van der Waals surface area (Å²) in [4.78, 5) is 17.4. The van der Waals surface area contributed by atoms with E-state index in [1.165, 1.54) is 0 Å². The maximum atomic E-state index is 12.3. The Hall–Kier alpha value is -2.21. The Balaban J connectivity index is 1.62. The molecule has 6 nitrogen and oxygen atoms in total. The molecule has 1 aromatic carbocycles. The van der Waals surface area contributed by atoms with Crippen LogP contribution in [-0.4, -0.2) is 48.3 Å². The van der Waals surface area contributed by atoms with E-state index in [4.69, 9.17) is 9.47 Å². The molecule has 1 fully saturated rings. The third-order valence-electron chi connectivity index (χ3n) is 4.02. The largest absolute Gasteiger partial charge is 0.497 e. The van der Waals surface area contributed by atoms with Crippen LogP contribution in [-0.2, 0) is 11.3 Å².